The number of primary amides is 1. The van der Waals surface area contributed by atoms with E-state index in [0.29, 0.717) is 21.4 Å². The summed E-state index contributed by atoms with van der Waals surface area (Å²) >= 11 is 23.3. The molecule has 8 heterocycles. The van der Waals surface area contributed by atoms with Crippen LogP contribution >= 0.6 is 57.9 Å². The molecule has 2 fully saturated rings. The molecule has 2 saturated heterocycles. The first-order valence-electron chi connectivity index (χ1n) is 39.6. The van der Waals surface area contributed by atoms with Crippen LogP contribution in [0.4, 0.5) is 0 Å². The number of carboxylic acid groups (broad SMARTS) is 1. The molecule has 18 atom stereocenters. The van der Waals surface area contributed by atoms with E-state index < -0.39 is 225 Å². The van der Waals surface area contributed by atoms with Crippen molar-refractivity contribution in [1.29, 1.82) is 0 Å². The Kier molecular flexibility index (Phi) is 29.6. The smallest absolute Gasteiger partial charge is 0.330 e. The van der Waals surface area contributed by atoms with E-state index in [-0.39, 0.29) is 57.7 Å². The van der Waals surface area contributed by atoms with Gasteiger partial charge in [0, 0.05) is 45.5 Å². The summed E-state index contributed by atoms with van der Waals surface area (Å²) in [6, 6.07) is 5.01. The third-order valence-corrected chi connectivity index (χ3v) is 24.9. The van der Waals surface area contributed by atoms with Crippen molar-refractivity contribution in [3.8, 4) is 57.1 Å². The number of likely N-dealkylation sites (N-methyl/N-ethyl adjacent to an activating group) is 1. The second kappa shape index (κ2) is 39.4. The number of rotatable bonds is 25. The Hall–Kier alpha value is -9.41. The van der Waals surface area contributed by atoms with Crippen molar-refractivity contribution in [3.05, 3.63) is 140 Å². The standard InChI is InChI=1S/C83H97Cl3N10O23S2/c1-7-8-9-10-11-12-13-14-23-89-83(5)34-60(114-37(4)73(83)105)118-72-70(104)69(103)57(35-120-82-91-48-30-42(84)18-22-58(48)121-82)117-81(72)119-71-55-28-41-29-56(71)116-54-21-17-40(27-47(54)86)68(102)66-79(111)94-64(80(112)113)45-31-43(97)32-52(99)61(45)44-25-38(15-19-51(44)98)62(76(108)96-66)93-77(109)63(41)92-75(107)50(33-59(87)100)90-78(110)65(95-74(106)49(88-6)24-36(2)3)67(101)39-16-20-53(115-55)46(85)26-39/h15-22,25-32,36-37,49-50,57,60,62-70,72-73,81,88-89,97-99,101-105H,7-14,23-24,33-35H2,1-6H3,(H2,87,100)(H,90,110)(H,92,107)(H,93,109)(H,94,111)(H,95,106)(H,96,108)(H,112,113)/t37?,49-,50+,57?,60?,62-,63-,64-,65-,66+,67-,68-,69?,70?,72?,73?,81?,83?/m1/s1. The highest BCUT2D eigenvalue weighted by molar-refractivity contribution is 8.01. The van der Waals surface area contributed by atoms with Crippen molar-refractivity contribution in [2.24, 2.45) is 11.7 Å². The molecule has 19 N–H and O–H groups in total. The second-order valence-electron chi connectivity index (χ2n) is 31.2. The topological polar surface area (TPSA) is 509 Å². The number of nitrogens with two attached hydrogens (primary N) is 1. The maximum absolute atomic E-state index is 16.4. The normalized spacial score (nSPS) is 26.6. The number of unbranched alkanes of at least 4 members (excludes halogenated alkanes) is 7. The van der Waals surface area contributed by atoms with Crippen LogP contribution in [0.3, 0.4) is 0 Å². The number of carbonyl (C=O) groups excluding carboxylic acids is 7. The van der Waals surface area contributed by atoms with E-state index in [1.807, 2.05) is 13.8 Å². The lowest BCUT2D eigenvalue weighted by molar-refractivity contribution is -0.330. The van der Waals surface area contributed by atoms with Crippen molar-refractivity contribution in [3.63, 3.8) is 0 Å². The summed E-state index contributed by atoms with van der Waals surface area (Å²) in [4.78, 5) is 124. The molecule has 650 valence electrons. The monoisotopic (exact) mass is 1770 g/mol. The summed E-state index contributed by atoms with van der Waals surface area (Å²) in [5.74, 6) is -15.8. The van der Waals surface area contributed by atoms with Gasteiger partial charge in [0.15, 0.2) is 34.3 Å². The van der Waals surface area contributed by atoms with Crippen LogP contribution in [-0.2, 0) is 52.6 Å². The number of aliphatic hydroxyl groups is 5. The minimum Gasteiger partial charge on any atom is -0.508 e. The van der Waals surface area contributed by atoms with E-state index in [2.05, 4.69) is 49.5 Å². The number of amides is 7. The molecule has 7 aromatic rings. The SMILES string of the molecule is CCCCCCCCCCNC1(C)CC(OC2C(Oc3c4cc5cc3Oc3ccc(cc3Cl)[C@@H](O)[C@@H](NC(=O)[C@@H](CC(C)C)NC)C(=O)N[C@@H](CC(N)=O)C(=O)N[C@H]5C(=O)N[C@H]3C(=O)N[C@H](C(=O)N[C@@H](C(=O)O)c5cc(O)cc(O)c5-c5cc3ccc5O)[C@H](O)c3ccc(c(Cl)c3)O4)OC(CSc3nc4cc(Cl)ccc4s3)C(O)C2O)OC(C)C1O. The van der Waals surface area contributed by atoms with Gasteiger partial charge in [-0.2, -0.15) is 0 Å². The molecular weight excluding hydrogens is 1680 g/mol. The number of aliphatic hydroxyl groups excluding tert-OH is 5. The number of halogens is 3. The van der Waals surface area contributed by atoms with Crippen LogP contribution in [0.2, 0.25) is 15.1 Å². The summed E-state index contributed by atoms with van der Waals surface area (Å²) in [5.41, 5.74) is 2.57. The molecule has 14 rings (SSSR count). The number of hydrogen-bond donors (Lipinski definition) is 18. The number of ether oxygens (including phenoxy) is 6. The summed E-state index contributed by atoms with van der Waals surface area (Å²) in [7, 11) is 1.49. The van der Waals surface area contributed by atoms with E-state index in [9.17, 15) is 60.3 Å². The van der Waals surface area contributed by atoms with Crippen molar-refractivity contribution < 1.29 is 113 Å². The summed E-state index contributed by atoms with van der Waals surface area (Å²) in [6.07, 6.45) is -9.19. The van der Waals surface area contributed by atoms with Crippen LogP contribution in [0, 0.1) is 5.92 Å². The molecule has 0 spiro atoms. The quantitative estimate of drug-likeness (QED) is 0.0191. The van der Waals surface area contributed by atoms with E-state index in [1.54, 1.807) is 32.0 Å². The number of aliphatic carboxylic acids is 1. The van der Waals surface area contributed by atoms with Crippen molar-refractivity contribution >= 4 is 115 Å². The van der Waals surface area contributed by atoms with Crippen LogP contribution < -0.4 is 62.5 Å². The highest BCUT2D eigenvalue weighted by atomic mass is 35.5. The van der Waals surface area contributed by atoms with Crippen LogP contribution in [0.15, 0.2) is 101 Å². The third-order valence-electron chi connectivity index (χ3n) is 21.8. The van der Waals surface area contributed by atoms with Gasteiger partial charge in [-0.3, -0.25) is 33.6 Å². The highest BCUT2D eigenvalue weighted by Gasteiger charge is 2.52. The van der Waals surface area contributed by atoms with Crippen LogP contribution in [0.5, 0.6) is 46.0 Å². The third kappa shape index (κ3) is 21.1. The maximum atomic E-state index is 16.4. The van der Waals surface area contributed by atoms with Crippen molar-refractivity contribution in [2.45, 2.75) is 219 Å². The molecule has 33 nitrogen and oxygen atoms in total. The molecule has 7 amide bonds. The Morgan fingerprint density at radius 2 is 1.34 bits per heavy atom. The maximum Gasteiger partial charge on any atom is 0.330 e. The van der Waals surface area contributed by atoms with E-state index >= 15 is 24.0 Å². The molecule has 0 aliphatic carbocycles. The fourth-order valence-corrected chi connectivity index (χ4v) is 18.1. The summed E-state index contributed by atoms with van der Waals surface area (Å²) in [6.45, 7) is 9.76. The first-order valence-corrected chi connectivity index (χ1v) is 42.5. The molecule has 11 bridgehead atoms. The number of hydrogen-bond acceptors (Lipinski definition) is 27. The van der Waals surface area contributed by atoms with Gasteiger partial charge in [-0.15, -0.1) is 11.3 Å². The fourth-order valence-electron chi connectivity index (χ4n) is 15.4. The number of aromatic nitrogens is 1. The predicted octanol–water partition coefficient (Wildman–Crippen LogP) is 7.94. The number of aromatic hydroxyl groups is 3. The fraction of sp³-hybridized carbons (Fsp3) is 0.458. The lowest BCUT2D eigenvalue weighted by atomic mass is 9.85. The largest absolute Gasteiger partial charge is 0.508 e. The Bertz CT molecular complexity index is 5030. The zero-order valence-electron chi connectivity index (χ0n) is 66.5. The van der Waals surface area contributed by atoms with Gasteiger partial charge in [0.05, 0.1) is 51.0 Å². The van der Waals surface area contributed by atoms with Crippen LogP contribution in [-0.4, -0.2) is 197 Å². The number of benzene rings is 6. The zero-order chi connectivity index (χ0) is 87.2. The summed E-state index contributed by atoms with van der Waals surface area (Å²) < 4.78 is 42.1. The summed E-state index contributed by atoms with van der Waals surface area (Å²) in [5, 5.41) is 128. The van der Waals surface area contributed by atoms with Crippen molar-refractivity contribution in [2.75, 3.05) is 19.3 Å². The Morgan fingerprint density at radius 1 is 0.702 bits per heavy atom. The number of thioether (sulfide) groups is 1. The minimum atomic E-state index is -2.35. The van der Waals surface area contributed by atoms with E-state index in [1.165, 1.54) is 48.7 Å². The number of carboxylic acids is 1. The van der Waals surface area contributed by atoms with Crippen molar-refractivity contribution in [1.82, 2.24) is 47.5 Å². The van der Waals surface area contributed by atoms with Gasteiger partial charge in [0.2, 0.25) is 53.4 Å². The number of phenolic OH excluding ortho intramolecular Hbond substituents is 3. The Balaban J connectivity index is 1.06. The molecule has 7 aliphatic heterocycles. The van der Waals surface area contributed by atoms with Crippen LogP contribution in [0.25, 0.3) is 21.3 Å². The number of thiazole rings is 1. The number of carbonyl (C=O) groups is 8. The zero-order valence-corrected chi connectivity index (χ0v) is 70.4. The van der Waals surface area contributed by atoms with E-state index in [4.69, 9.17) is 73.9 Å². The molecule has 121 heavy (non-hydrogen) atoms. The molecule has 0 radical (unpaired) electrons. The average Bonchev–Trinajstić information content (AvgIpc) is 0.854. The van der Waals surface area contributed by atoms with Gasteiger partial charge in [0.25, 0.3) is 0 Å². The molecule has 6 aromatic carbocycles. The lowest BCUT2D eigenvalue weighted by Gasteiger charge is -2.48. The Morgan fingerprint density at radius 3 is 1.98 bits per heavy atom. The minimum absolute atomic E-state index is 0.0687. The number of phenols is 3. The molecule has 1 aromatic heterocycles. The molecule has 0 saturated carbocycles. The molecule has 38 heteroatoms. The van der Waals surface area contributed by atoms with Gasteiger partial charge in [0.1, 0.15) is 83.4 Å². The number of fused-ring (bicyclic) bond motifs is 16. The van der Waals surface area contributed by atoms with Gasteiger partial charge in [-0.1, -0.05) is 130 Å². The van der Waals surface area contributed by atoms with Gasteiger partial charge >= 0.3 is 5.97 Å². The first-order chi connectivity index (χ1) is 57.6. The molecular formula is C83H97Cl3N10O23S2. The first kappa shape index (κ1) is 90.8. The number of nitrogens with one attached hydrogen (secondary N) is 8. The second-order valence-corrected chi connectivity index (χ2v) is 34.8. The van der Waals surface area contributed by atoms with Gasteiger partial charge in [-0.05, 0) is 141 Å². The molecule has 7 aliphatic rings. The van der Waals surface area contributed by atoms with Gasteiger partial charge < -0.3 is 123 Å². The Labute approximate surface area is 718 Å². The number of nitrogens with zero attached hydrogens (tertiary/aromatic N) is 1. The van der Waals surface area contributed by atoms with E-state index in [0.717, 1.165) is 116 Å². The lowest BCUT2D eigenvalue weighted by Crippen LogP contribution is -2.65. The van der Waals surface area contributed by atoms with Crippen LogP contribution in [0.1, 0.15) is 163 Å². The highest BCUT2D eigenvalue weighted by Crippen LogP contribution is 2.51. The predicted molar refractivity (Wildman–Crippen MR) is 444 cm³/mol. The molecule has 9 unspecified atom stereocenters. The average molecular weight is 1770 g/mol. The van der Waals surface area contributed by atoms with Gasteiger partial charge in [-0.25, -0.2) is 9.78 Å².